The van der Waals surface area contributed by atoms with Crippen LogP contribution in [0.1, 0.15) is 29.3 Å². The lowest BCUT2D eigenvalue weighted by Gasteiger charge is -2.09. The topological polar surface area (TPSA) is 118 Å². The van der Waals surface area contributed by atoms with E-state index >= 15 is 0 Å². The van der Waals surface area contributed by atoms with E-state index in [-0.39, 0.29) is 22.4 Å². The monoisotopic (exact) mass is 403 g/mol. The van der Waals surface area contributed by atoms with Gasteiger partial charge in [-0.05, 0) is 43.3 Å². The molecular weight excluding hydrogens is 390 g/mol. The molecule has 0 fully saturated rings. The van der Waals surface area contributed by atoms with Crippen LogP contribution in [0.3, 0.4) is 0 Å². The summed E-state index contributed by atoms with van der Waals surface area (Å²) in [6.07, 6.45) is -0.915. The van der Waals surface area contributed by atoms with E-state index in [2.05, 4.69) is 10.2 Å². The SMILES string of the molecule is COc1ccc(-c2nnc(C(C)OC(=O)c3ccc(Cl)cc3[N+](=O)[O-])o2)cc1. The number of hydrogen-bond acceptors (Lipinski definition) is 8. The minimum Gasteiger partial charge on any atom is -0.497 e. The van der Waals surface area contributed by atoms with Crippen molar-refractivity contribution in [2.45, 2.75) is 13.0 Å². The number of nitro groups is 1. The van der Waals surface area contributed by atoms with Crippen LogP contribution in [-0.4, -0.2) is 28.2 Å². The van der Waals surface area contributed by atoms with Gasteiger partial charge in [0.05, 0.1) is 12.0 Å². The molecular formula is C18H14ClN3O6. The molecule has 0 aliphatic carbocycles. The molecule has 9 nitrogen and oxygen atoms in total. The van der Waals surface area contributed by atoms with Gasteiger partial charge in [-0.15, -0.1) is 10.2 Å². The molecule has 0 radical (unpaired) electrons. The van der Waals surface area contributed by atoms with Crippen LogP contribution in [0.2, 0.25) is 5.02 Å². The van der Waals surface area contributed by atoms with E-state index in [1.807, 2.05) is 0 Å². The molecule has 3 rings (SSSR count). The number of halogens is 1. The molecule has 28 heavy (non-hydrogen) atoms. The molecule has 144 valence electrons. The second kappa shape index (κ2) is 8.05. The highest BCUT2D eigenvalue weighted by atomic mass is 35.5. The van der Waals surface area contributed by atoms with Crippen LogP contribution in [0.25, 0.3) is 11.5 Å². The highest BCUT2D eigenvalue weighted by Crippen LogP contribution is 2.27. The number of nitro benzene ring substituents is 1. The van der Waals surface area contributed by atoms with Gasteiger partial charge < -0.3 is 13.9 Å². The largest absolute Gasteiger partial charge is 0.497 e. The van der Waals surface area contributed by atoms with Crippen molar-refractivity contribution in [1.82, 2.24) is 10.2 Å². The zero-order chi connectivity index (χ0) is 20.3. The number of methoxy groups -OCH3 is 1. The fourth-order valence-electron chi connectivity index (χ4n) is 2.35. The van der Waals surface area contributed by atoms with Crippen molar-refractivity contribution in [2.24, 2.45) is 0 Å². The van der Waals surface area contributed by atoms with E-state index in [9.17, 15) is 14.9 Å². The number of aromatic nitrogens is 2. The van der Waals surface area contributed by atoms with Crippen molar-refractivity contribution in [3.63, 3.8) is 0 Å². The van der Waals surface area contributed by atoms with E-state index in [4.69, 9.17) is 25.5 Å². The third-order valence-electron chi connectivity index (χ3n) is 3.79. The summed E-state index contributed by atoms with van der Waals surface area (Å²) in [5.41, 5.74) is -0.0169. The number of carbonyl (C=O) groups is 1. The van der Waals surface area contributed by atoms with Gasteiger partial charge in [-0.3, -0.25) is 10.1 Å². The summed E-state index contributed by atoms with van der Waals surface area (Å²) in [6.45, 7) is 1.52. The van der Waals surface area contributed by atoms with Crippen LogP contribution >= 0.6 is 11.6 Å². The van der Waals surface area contributed by atoms with E-state index in [1.165, 1.54) is 19.1 Å². The van der Waals surface area contributed by atoms with E-state index in [0.29, 0.717) is 11.3 Å². The van der Waals surface area contributed by atoms with E-state index < -0.39 is 22.7 Å². The summed E-state index contributed by atoms with van der Waals surface area (Å²) in [6, 6.07) is 10.6. The number of ether oxygens (including phenoxy) is 2. The van der Waals surface area contributed by atoms with Gasteiger partial charge in [-0.1, -0.05) is 11.6 Å². The molecule has 0 aliphatic heterocycles. The van der Waals surface area contributed by atoms with Gasteiger partial charge in [0, 0.05) is 16.7 Å². The first kappa shape index (κ1) is 19.3. The zero-order valence-electron chi connectivity index (χ0n) is 14.8. The molecule has 1 aromatic heterocycles. The van der Waals surface area contributed by atoms with Crippen molar-refractivity contribution < 1.29 is 23.6 Å². The predicted octanol–water partition coefficient (Wildman–Crippen LogP) is 4.22. The molecule has 0 spiro atoms. The molecule has 2 aromatic carbocycles. The second-order valence-electron chi connectivity index (χ2n) is 5.64. The fraction of sp³-hybridized carbons (Fsp3) is 0.167. The molecule has 0 saturated carbocycles. The smallest absolute Gasteiger partial charge is 0.345 e. The quantitative estimate of drug-likeness (QED) is 0.341. The van der Waals surface area contributed by atoms with Crippen LogP contribution in [0.15, 0.2) is 46.9 Å². The molecule has 0 amide bonds. The maximum atomic E-state index is 12.3. The van der Waals surface area contributed by atoms with E-state index in [0.717, 1.165) is 6.07 Å². The van der Waals surface area contributed by atoms with Gasteiger partial charge in [-0.25, -0.2) is 4.79 Å². The molecule has 0 N–H and O–H groups in total. The number of benzene rings is 2. The lowest BCUT2D eigenvalue weighted by molar-refractivity contribution is -0.385. The zero-order valence-corrected chi connectivity index (χ0v) is 15.5. The predicted molar refractivity (Wildman–Crippen MR) is 98.2 cm³/mol. The molecule has 1 unspecified atom stereocenters. The first-order chi connectivity index (χ1) is 13.4. The van der Waals surface area contributed by atoms with Crippen LogP contribution in [-0.2, 0) is 4.74 Å². The maximum Gasteiger partial charge on any atom is 0.345 e. The minimum atomic E-state index is -0.915. The van der Waals surface area contributed by atoms with Gasteiger partial charge in [0.1, 0.15) is 11.3 Å². The van der Waals surface area contributed by atoms with Gasteiger partial charge in [-0.2, -0.15) is 0 Å². The van der Waals surface area contributed by atoms with Crippen molar-refractivity contribution in [3.05, 3.63) is 69.1 Å². The van der Waals surface area contributed by atoms with Gasteiger partial charge >= 0.3 is 5.97 Å². The lowest BCUT2D eigenvalue weighted by Crippen LogP contribution is -2.11. The number of carbonyl (C=O) groups excluding carboxylic acids is 1. The summed E-state index contributed by atoms with van der Waals surface area (Å²) in [5.74, 6) is 0.0595. The van der Waals surface area contributed by atoms with Crippen molar-refractivity contribution in [2.75, 3.05) is 7.11 Å². The molecule has 0 bridgehead atoms. The van der Waals surface area contributed by atoms with Crippen LogP contribution in [0, 0.1) is 10.1 Å². The average molecular weight is 404 g/mol. The Hall–Kier alpha value is -3.46. The Morgan fingerprint density at radius 2 is 1.93 bits per heavy atom. The summed E-state index contributed by atoms with van der Waals surface area (Å²) in [7, 11) is 1.56. The van der Waals surface area contributed by atoms with Crippen molar-refractivity contribution >= 4 is 23.3 Å². The first-order valence-electron chi connectivity index (χ1n) is 8.01. The van der Waals surface area contributed by atoms with Crippen LogP contribution in [0.5, 0.6) is 5.75 Å². The molecule has 3 aromatic rings. The average Bonchev–Trinajstić information content (AvgIpc) is 3.18. The lowest BCUT2D eigenvalue weighted by atomic mass is 10.2. The van der Waals surface area contributed by atoms with Crippen LogP contribution in [0.4, 0.5) is 5.69 Å². The summed E-state index contributed by atoms with van der Waals surface area (Å²) in [4.78, 5) is 22.8. The van der Waals surface area contributed by atoms with Crippen molar-refractivity contribution in [1.29, 1.82) is 0 Å². The Morgan fingerprint density at radius 3 is 2.57 bits per heavy atom. The Bertz CT molecular complexity index is 1020. The second-order valence-corrected chi connectivity index (χ2v) is 6.08. The molecule has 1 atom stereocenters. The highest BCUT2D eigenvalue weighted by Gasteiger charge is 2.26. The molecule has 10 heteroatoms. The Balaban J connectivity index is 1.76. The Morgan fingerprint density at radius 1 is 1.21 bits per heavy atom. The molecule has 0 aliphatic rings. The number of nitrogens with zero attached hydrogens (tertiary/aromatic N) is 3. The Kier molecular flexibility index (Phi) is 5.55. The minimum absolute atomic E-state index is 0.0517. The standard InChI is InChI=1S/C18H14ClN3O6/c1-10(27-18(23)14-8-5-12(19)9-15(14)22(24)25)16-20-21-17(28-16)11-3-6-13(26-2)7-4-11/h3-10H,1-2H3. The maximum absolute atomic E-state index is 12.3. The molecule has 1 heterocycles. The normalized spacial score (nSPS) is 11.7. The fourth-order valence-corrected chi connectivity index (χ4v) is 2.52. The van der Waals surface area contributed by atoms with Crippen molar-refractivity contribution in [3.8, 4) is 17.2 Å². The van der Waals surface area contributed by atoms with Gasteiger partial charge in [0.2, 0.25) is 5.89 Å². The Labute approximate surface area is 164 Å². The third-order valence-corrected chi connectivity index (χ3v) is 4.02. The summed E-state index contributed by atoms with van der Waals surface area (Å²) < 4.78 is 15.9. The van der Waals surface area contributed by atoms with Gasteiger partial charge in [0.25, 0.3) is 11.6 Å². The first-order valence-corrected chi connectivity index (χ1v) is 8.39. The third kappa shape index (κ3) is 4.09. The molecule has 0 saturated heterocycles. The van der Waals surface area contributed by atoms with Crippen LogP contribution < -0.4 is 4.74 Å². The number of hydrogen-bond donors (Lipinski definition) is 0. The van der Waals surface area contributed by atoms with Gasteiger partial charge in [0.15, 0.2) is 6.10 Å². The van der Waals surface area contributed by atoms with E-state index in [1.54, 1.807) is 31.4 Å². The summed E-state index contributed by atoms with van der Waals surface area (Å²) in [5, 5.41) is 19.1. The number of rotatable bonds is 6. The summed E-state index contributed by atoms with van der Waals surface area (Å²) >= 11 is 5.75. The highest BCUT2D eigenvalue weighted by molar-refractivity contribution is 6.31. The number of esters is 1.